The maximum atomic E-state index is 12.8. The third kappa shape index (κ3) is 3.30. The number of aromatic nitrogens is 3. The molecule has 5 nitrogen and oxygen atoms in total. The molecule has 1 aromatic carbocycles. The van der Waals surface area contributed by atoms with Crippen LogP contribution in [0.2, 0.25) is 0 Å². The summed E-state index contributed by atoms with van der Waals surface area (Å²) in [5, 5.41) is 9.05. The molecule has 22 heavy (non-hydrogen) atoms. The van der Waals surface area contributed by atoms with E-state index in [1.165, 1.54) is 23.9 Å². The minimum absolute atomic E-state index is 0.272. The second-order valence-electron chi connectivity index (χ2n) is 4.49. The first-order valence-electron chi connectivity index (χ1n) is 6.68. The van der Waals surface area contributed by atoms with Crippen molar-refractivity contribution in [3.63, 3.8) is 0 Å². The monoisotopic (exact) mass is 319 g/mol. The molecule has 2 aromatic heterocycles. The number of hydrogen-bond acceptors (Lipinski definition) is 5. The second-order valence-corrected chi connectivity index (χ2v) is 5.56. The van der Waals surface area contributed by atoms with Crippen molar-refractivity contribution >= 4 is 11.8 Å². The Labute approximate surface area is 131 Å². The van der Waals surface area contributed by atoms with Gasteiger partial charge < -0.3 is 13.7 Å². The zero-order chi connectivity index (χ0) is 15.4. The number of thioether (sulfide) groups is 1. The Balaban J connectivity index is 1.53. The molecule has 0 aliphatic carbocycles. The summed E-state index contributed by atoms with van der Waals surface area (Å²) in [4.78, 5) is 0. The van der Waals surface area contributed by atoms with E-state index in [1.807, 2.05) is 23.7 Å². The predicted molar refractivity (Wildman–Crippen MR) is 81.3 cm³/mol. The first-order valence-corrected chi connectivity index (χ1v) is 7.67. The van der Waals surface area contributed by atoms with Gasteiger partial charge in [0.1, 0.15) is 11.6 Å². The van der Waals surface area contributed by atoms with E-state index in [-0.39, 0.29) is 5.82 Å². The lowest BCUT2D eigenvalue weighted by atomic mass is 10.3. The lowest BCUT2D eigenvalue weighted by Crippen LogP contribution is -2.02. The van der Waals surface area contributed by atoms with E-state index in [1.54, 1.807) is 18.4 Å². The lowest BCUT2D eigenvalue weighted by molar-refractivity contribution is 0.343. The van der Waals surface area contributed by atoms with Crippen molar-refractivity contribution in [2.75, 3.05) is 12.4 Å². The fourth-order valence-electron chi connectivity index (χ4n) is 1.88. The van der Waals surface area contributed by atoms with Crippen LogP contribution in [-0.4, -0.2) is 27.1 Å². The van der Waals surface area contributed by atoms with Gasteiger partial charge in [-0.3, -0.25) is 0 Å². The Morgan fingerprint density at radius 1 is 1.23 bits per heavy atom. The largest absolute Gasteiger partial charge is 0.493 e. The summed E-state index contributed by atoms with van der Waals surface area (Å²) in [6, 6.07) is 9.62. The number of nitrogens with zero attached hydrogens (tertiary/aromatic N) is 3. The van der Waals surface area contributed by atoms with Gasteiger partial charge in [-0.1, -0.05) is 11.8 Å². The number of hydrogen-bond donors (Lipinski definition) is 0. The van der Waals surface area contributed by atoms with E-state index in [9.17, 15) is 4.39 Å². The highest BCUT2D eigenvalue weighted by Crippen LogP contribution is 2.22. The van der Waals surface area contributed by atoms with Crippen molar-refractivity contribution in [2.45, 2.75) is 5.16 Å². The van der Waals surface area contributed by atoms with Crippen molar-refractivity contribution < 1.29 is 13.5 Å². The van der Waals surface area contributed by atoms with Gasteiger partial charge >= 0.3 is 0 Å². The van der Waals surface area contributed by atoms with E-state index in [2.05, 4.69) is 10.2 Å². The molecule has 114 valence electrons. The second kappa shape index (κ2) is 6.65. The summed E-state index contributed by atoms with van der Waals surface area (Å²) in [5.41, 5.74) is 0. The van der Waals surface area contributed by atoms with Crippen LogP contribution in [0.1, 0.15) is 0 Å². The maximum Gasteiger partial charge on any atom is 0.200 e. The fraction of sp³-hybridized carbons (Fsp3) is 0.200. The molecular weight excluding hydrogens is 305 g/mol. The van der Waals surface area contributed by atoms with Gasteiger partial charge in [0.05, 0.1) is 12.9 Å². The molecule has 0 unspecified atom stereocenters. The van der Waals surface area contributed by atoms with Crippen LogP contribution < -0.4 is 4.74 Å². The number of ether oxygens (including phenoxy) is 1. The van der Waals surface area contributed by atoms with E-state index in [4.69, 9.17) is 9.15 Å². The molecule has 0 saturated carbocycles. The topological polar surface area (TPSA) is 53.1 Å². The predicted octanol–water partition coefficient (Wildman–Crippen LogP) is 3.39. The molecule has 0 aliphatic heterocycles. The van der Waals surface area contributed by atoms with Crippen molar-refractivity contribution in [3.8, 4) is 17.3 Å². The number of furan rings is 1. The van der Waals surface area contributed by atoms with E-state index in [0.717, 1.165) is 5.16 Å². The van der Waals surface area contributed by atoms with Gasteiger partial charge in [-0.25, -0.2) is 4.39 Å². The first kappa shape index (κ1) is 14.6. The molecule has 3 aromatic rings. The summed E-state index contributed by atoms with van der Waals surface area (Å²) in [5.74, 6) is 2.46. The minimum atomic E-state index is -0.272. The molecule has 0 saturated heterocycles. The third-order valence-corrected chi connectivity index (χ3v) is 3.96. The van der Waals surface area contributed by atoms with Crippen LogP contribution in [0.5, 0.6) is 5.75 Å². The third-order valence-electron chi connectivity index (χ3n) is 2.97. The molecule has 0 spiro atoms. The molecule has 0 aliphatic rings. The highest BCUT2D eigenvalue weighted by atomic mass is 32.2. The average Bonchev–Trinajstić information content (AvgIpc) is 3.16. The quantitative estimate of drug-likeness (QED) is 0.515. The summed E-state index contributed by atoms with van der Waals surface area (Å²) in [6.45, 7) is 0.499. The smallest absolute Gasteiger partial charge is 0.200 e. The van der Waals surface area contributed by atoms with Gasteiger partial charge in [0.25, 0.3) is 0 Å². The Hall–Kier alpha value is -2.28. The molecular formula is C15H14FN3O2S. The van der Waals surface area contributed by atoms with Gasteiger partial charge in [0.2, 0.25) is 0 Å². The fourth-order valence-corrected chi connectivity index (χ4v) is 2.61. The molecule has 0 N–H and O–H groups in total. The van der Waals surface area contributed by atoms with Crippen molar-refractivity contribution in [1.82, 2.24) is 14.8 Å². The first-order chi connectivity index (χ1) is 10.7. The zero-order valence-electron chi connectivity index (χ0n) is 11.9. The molecule has 0 atom stereocenters. The van der Waals surface area contributed by atoms with E-state index >= 15 is 0 Å². The standard InChI is InChI=1S/C15H14FN3O2S/c1-19-14(13-3-2-8-21-13)17-18-15(19)22-10-9-20-12-6-4-11(16)5-7-12/h2-8H,9-10H2,1H3. The number of benzene rings is 1. The van der Waals surface area contributed by atoms with Crippen LogP contribution in [0, 0.1) is 5.82 Å². The highest BCUT2D eigenvalue weighted by Gasteiger charge is 2.12. The Kier molecular flexibility index (Phi) is 4.43. The normalized spacial score (nSPS) is 10.8. The SMILES string of the molecule is Cn1c(SCCOc2ccc(F)cc2)nnc1-c1ccco1. The van der Waals surface area contributed by atoms with Gasteiger partial charge in [-0.15, -0.1) is 10.2 Å². The van der Waals surface area contributed by atoms with Crippen LogP contribution >= 0.6 is 11.8 Å². The number of halogens is 1. The molecule has 0 fully saturated rings. The average molecular weight is 319 g/mol. The van der Waals surface area contributed by atoms with E-state index < -0.39 is 0 Å². The van der Waals surface area contributed by atoms with Crippen LogP contribution in [0.25, 0.3) is 11.6 Å². The van der Waals surface area contributed by atoms with E-state index in [0.29, 0.717) is 29.7 Å². The van der Waals surface area contributed by atoms with Gasteiger partial charge in [0, 0.05) is 12.8 Å². The Bertz CT molecular complexity index is 726. The summed E-state index contributed by atoms with van der Waals surface area (Å²) < 4.78 is 25.5. The Morgan fingerprint density at radius 3 is 2.77 bits per heavy atom. The summed E-state index contributed by atoms with van der Waals surface area (Å²) in [7, 11) is 1.89. The Morgan fingerprint density at radius 2 is 2.05 bits per heavy atom. The lowest BCUT2D eigenvalue weighted by Gasteiger charge is -2.05. The molecule has 7 heteroatoms. The maximum absolute atomic E-state index is 12.8. The molecule has 0 radical (unpaired) electrons. The van der Waals surface area contributed by atoms with Crippen LogP contribution in [0.15, 0.2) is 52.2 Å². The van der Waals surface area contributed by atoms with Gasteiger partial charge in [-0.2, -0.15) is 0 Å². The zero-order valence-corrected chi connectivity index (χ0v) is 12.7. The number of rotatable bonds is 6. The molecule has 2 heterocycles. The highest BCUT2D eigenvalue weighted by molar-refractivity contribution is 7.99. The summed E-state index contributed by atoms with van der Waals surface area (Å²) >= 11 is 1.54. The molecule has 0 bridgehead atoms. The molecule has 0 amide bonds. The van der Waals surface area contributed by atoms with Gasteiger partial charge in [-0.05, 0) is 36.4 Å². The summed E-state index contributed by atoms with van der Waals surface area (Å²) in [6.07, 6.45) is 1.60. The molecule has 3 rings (SSSR count). The minimum Gasteiger partial charge on any atom is -0.493 e. The van der Waals surface area contributed by atoms with Crippen LogP contribution in [-0.2, 0) is 7.05 Å². The van der Waals surface area contributed by atoms with Crippen molar-refractivity contribution in [1.29, 1.82) is 0 Å². The van der Waals surface area contributed by atoms with Crippen LogP contribution in [0.3, 0.4) is 0 Å². The van der Waals surface area contributed by atoms with Crippen LogP contribution in [0.4, 0.5) is 4.39 Å². The van der Waals surface area contributed by atoms with Gasteiger partial charge in [0.15, 0.2) is 16.7 Å². The van der Waals surface area contributed by atoms with Crippen molar-refractivity contribution in [2.24, 2.45) is 7.05 Å². The van der Waals surface area contributed by atoms with Crippen molar-refractivity contribution in [3.05, 3.63) is 48.5 Å².